The maximum atomic E-state index is 12.5. The van der Waals surface area contributed by atoms with E-state index >= 15 is 0 Å². The van der Waals surface area contributed by atoms with Crippen LogP contribution in [0, 0.1) is 0 Å². The second-order valence-corrected chi connectivity index (χ2v) is 9.11. The molecule has 0 unspecified atom stereocenters. The third-order valence-electron chi connectivity index (χ3n) is 6.86. The van der Waals surface area contributed by atoms with Crippen LogP contribution in [0.5, 0.6) is 5.75 Å². The molecule has 0 bridgehead atoms. The van der Waals surface area contributed by atoms with Crippen LogP contribution in [0.3, 0.4) is 0 Å². The summed E-state index contributed by atoms with van der Waals surface area (Å²) in [6.07, 6.45) is 6.58. The van der Waals surface area contributed by atoms with E-state index in [0.717, 1.165) is 53.7 Å². The van der Waals surface area contributed by atoms with Crippen LogP contribution >= 0.6 is 0 Å². The Hall–Kier alpha value is -3.87. The quantitative estimate of drug-likeness (QED) is 0.474. The number of aryl methyl sites for hydroxylation is 1. The summed E-state index contributed by atoms with van der Waals surface area (Å²) < 4.78 is 16.8. The molecule has 2 aliphatic rings. The number of amides is 1. The fourth-order valence-electron chi connectivity index (χ4n) is 4.79. The number of nitrogens with zero attached hydrogens (tertiary/aromatic N) is 2. The third kappa shape index (κ3) is 5.29. The van der Waals surface area contributed by atoms with Gasteiger partial charge in [-0.1, -0.05) is 36.4 Å². The second kappa shape index (κ2) is 10.2. The van der Waals surface area contributed by atoms with Gasteiger partial charge >= 0.3 is 6.09 Å². The summed E-state index contributed by atoms with van der Waals surface area (Å²) in [5.74, 6) is 0.934. The summed E-state index contributed by atoms with van der Waals surface area (Å²) in [7, 11) is 0. The van der Waals surface area contributed by atoms with E-state index < -0.39 is 0 Å². The van der Waals surface area contributed by atoms with Gasteiger partial charge in [0.05, 0.1) is 0 Å². The van der Waals surface area contributed by atoms with Gasteiger partial charge in [-0.3, -0.25) is 9.78 Å². The van der Waals surface area contributed by atoms with E-state index in [4.69, 9.17) is 14.2 Å². The second-order valence-electron chi connectivity index (χ2n) is 9.11. The first-order valence-corrected chi connectivity index (χ1v) is 11.9. The molecule has 0 saturated carbocycles. The Morgan fingerprint density at radius 1 is 1.00 bits per heavy atom. The molecule has 7 nitrogen and oxygen atoms in total. The van der Waals surface area contributed by atoms with Gasteiger partial charge in [0.1, 0.15) is 24.6 Å². The molecule has 3 aromatic rings. The van der Waals surface area contributed by atoms with Crippen LogP contribution in [0.15, 0.2) is 67.0 Å². The maximum absolute atomic E-state index is 12.5. The van der Waals surface area contributed by atoms with Crippen LogP contribution in [0.2, 0.25) is 0 Å². The van der Waals surface area contributed by atoms with E-state index in [1.165, 1.54) is 5.56 Å². The molecule has 35 heavy (non-hydrogen) atoms. The number of carbonyl (C=O) groups is 2. The zero-order valence-electron chi connectivity index (χ0n) is 19.5. The van der Waals surface area contributed by atoms with Crippen molar-refractivity contribution in [1.29, 1.82) is 0 Å². The number of carbonyl (C=O) groups excluding carboxylic acids is 2. The highest BCUT2D eigenvalue weighted by molar-refractivity contribution is 5.68. The largest absolute Gasteiger partial charge is 0.487 e. The Kier molecular flexibility index (Phi) is 6.66. The predicted octanol–water partition coefficient (Wildman–Crippen LogP) is 4.92. The SMILES string of the molecule is O=COCc1ccc(-c2ccc3c(c2)CCC2(CCN(C(=O)OCc4cccnc4)CC2)O3)cc1. The van der Waals surface area contributed by atoms with Crippen molar-refractivity contribution in [2.24, 2.45) is 0 Å². The lowest BCUT2D eigenvalue weighted by Gasteiger charge is -2.44. The monoisotopic (exact) mass is 472 g/mol. The minimum absolute atomic E-state index is 0.227. The zero-order valence-corrected chi connectivity index (χ0v) is 19.5. The average molecular weight is 473 g/mol. The van der Waals surface area contributed by atoms with Crippen LogP contribution in [-0.2, 0) is 33.9 Å². The van der Waals surface area contributed by atoms with Crippen LogP contribution in [0.4, 0.5) is 4.79 Å². The van der Waals surface area contributed by atoms with Crippen molar-refractivity contribution in [1.82, 2.24) is 9.88 Å². The highest BCUT2D eigenvalue weighted by Gasteiger charge is 2.40. The van der Waals surface area contributed by atoms with Crippen molar-refractivity contribution in [3.05, 3.63) is 83.7 Å². The summed E-state index contributed by atoms with van der Waals surface area (Å²) in [4.78, 5) is 28.7. The summed E-state index contributed by atoms with van der Waals surface area (Å²) in [6.45, 7) is 2.22. The topological polar surface area (TPSA) is 78.0 Å². The van der Waals surface area contributed by atoms with Crippen molar-refractivity contribution < 1.29 is 23.8 Å². The molecule has 0 N–H and O–H groups in total. The molecule has 1 saturated heterocycles. The summed E-state index contributed by atoms with van der Waals surface area (Å²) >= 11 is 0. The number of hydrogen-bond donors (Lipinski definition) is 0. The highest BCUT2D eigenvalue weighted by atomic mass is 16.6. The normalized spacial score (nSPS) is 16.2. The van der Waals surface area contributed by atoms with E-state index in [-0.39, 0.29) is 24.9 Å². The number of likely N-dealkylation sites (tertiary alicyclic amines) is 1. The van der Waals surface area contributed by atoms with E-state index in [9.17, 15) is 9.59 Å². The number of pyridine rings is 1. The van der Waals surface area contributed by atoms with E-state index in [1.54, 1.807) is 17.3 Å². The van der Waals surface area contributed by atoms with E-state index in [0.29, 0.717) is 19.6 Å². The van der Waals surface area contributed by atoms with Crippen molar-refractivity contribution in [2.75, 3.05) is 13.1 Å². The molecule has 1 fully saturated rings. The Balaban J connectivity index is 1.17. The minimum Gasteiger partial charge on any atom is -0.487 e. The first-order chi connectivity index (χ1) is 17.1. The van der Waals surface area contributed by atoms with Gasteiger partial charge in [-0.25, -0.2) is 4.79 Å². The number of piperidine rings is 1. The fraction of sp³-hybridized carbons (Fsp3) is 0.321. The molecule has 3 heterocycles. The number of rotatable bonds is 6. The molecule has 0 aliphatic carbocycles. The minimum atomic E-state index is -0.284. The molecular formula is C28H28N2O5. The van der Waals surface area contributed by atoms with E-state index in [1.807, 2.05) is 36.4 Å². The molecule has 1 spiro atoms. The number of hydrogen-bond acceptors (Lipinski definition) is 6. The highest BCUT2D eigenvalue weighted by Crippen LogP contribution is 2.41. The number of aromatic nitrogens is 1. The number of fused-ring (bicyclic) bond motifs is 1. The first kappa shape index (κ1) is 22.9. The van der Waals surface area contributed by atoms with Crippen molar-refractivity contribution in [3.8, 4) is 16.9 Å². The Morgan fingerprint density at radius 3 is 2.54 bits per heavy atom. The number of benzene rings is 2. The van der Waals surface area contributed by atoms with Crippen LogP contribution in [0.25, 0.3) is 11.1 Å². The molecule has 0 atom stereocenters. The fourth-order valence-corrected chi connectivity index (χ4v) is 4.79. The summed E-state index contributed by atoms with van der Waals surface area (Å²) in [5, 5.41) is 0. The molecule has 0 radical (unpaired) electrons. The van der Waals surface area contributed by atoms with Gasteiger partial charge in [0.25, 0.3) is 6.47 Å². The molecular weight excluding hydrogens is 444 g/mol. The smallest absolute Gasteiger partial charge is 0.410 e. The lowest BCUT2D eigenvalue weighted by atomic mass is 9.82. The van der Waals surface area contributed by atoms with Gasteiger partial charge in [0.2, 0.25) is 0 Å². The van der Waals surface area contributed by atoms with Gasteiger partial charge in [-0.2, -0.15) is 0 Å². The van der Waals surface area contributed by atoms with Gasteiger partial charge in [0.15, 0.2) is 0 Å². The predicted molar refractivity (Wildman–Crippen MR) is 130 cm³/mol. The Bertz CT molecular complexity index is 1170. The molecule has 1 aromatic heterocycles. The average Bonchev–Trinajstić information content (AvgIpc) is 2.91. The van der Waals surface area contributed by atoms with Crippen LogP contribution < -0.4 is 4.74 Å². The van der Waals surface area contributed by atoms with Crippen LogP contribution in [0.1, 0.15) is 36.0 Å². The van der Waals surface area contributed by atoms with E-state index in [2.05, 4.69) is 23.2 Å². The molecule has 2 aromatic carbocycles. The molecule has 5 rings (SSSR count). The molecule has 180 valence electrons. The van der Waals surface area contributed by atoms with Crippen LogP contribution in [-0.4, -0.2) is 41.1 Å². The van der Waals surface area contributed by atoms with Crippen molar-refractivity contribution >= 4 is 12.6 Å². The van der Waals surface area contributed by atoms with Gasteiger partial charge in [-0.05, 0) is 53.3 Å². The van der Waals surface area contributed by atoms with Crippen molar-refractivity contribution in [3.63, 3.8) is 0 Å². The molecule has 2 aliphatic heterocycles. The first-order valence-electron chi connectivity index (χ1n) is 11.9. The Morgan fingerprint density at radius 2 is 1.80 bits per heavy atom. The zero-order chi connectivity index (χ0) is 24.1. The Labute approximate surface area is 204 Å². The maximum Gasteiger partial charge on any atom is 0.410 e. The number of ether oxygens (including phenoxy) is 3. The lowest BCUT2D eigenvalue weighted by molar-refractivity contribution is -0.129. The summed E-state index contributed by atoms with van der Waals surface area (Å²) in [5.41, 5.74) is 5.06. The van der Waals surface area contributed by atoms with Gasteiger partial charge in [0, 0.05) is 43.9 Å². The summed E-state index contributed by atoms with van der Waals surface area (Å²) in [6, 6.07) is 18.1. The lowest BCUT2D eigenvalue weighted by Crippen LogP contribution is -2.51. The van der Waals surface area contributed by atoms with Gasteiger partial charge in [-0.15, -0.1) is 0 Å². The van der Waals surface area contributed by atoms with Crippen molar-refractivity contribution in [2.45, 2.75) is 44.5 Å². The molecule has 7 heteroatoms. The van der Waals surface area contributed by atoms with Gasteiger partial charge < -0.3 is 19.1 Å². The molecule has 1 amide bonds. The third-order valence-corrected chi connectivity index (χ3v) is 6.86. The standard InChI is InChI=1S/C28H28N2O5/c31-20-33-18-21-3-5-23(6-4-21)24-7-8-26-25(16-24)9-10-28(35-26)11-14-30(15-12-28)27(32)34-19-22-2-1-13-29-17-22/h1-8,13,16-17,20H,9-12,14-15,18-19H2.